The van der Waals surface area contributed by atoms with Crippen LogP contribution in [0.3, 0.4) is 0 Å². The molecule has 1 aliphatic carbocycles. The highest BCUT2D eigenvalue weighted by Gasteiger charge is 2.30. The van der Waals surface area contributed by atoms with E-state index in [2.05, 4.69) is 37.9 Å². The van der Waals surface area contributed by atoms with E-state index < -0.39 is 0 Å². The van der Waals surface area contributed by atoms with Gasteiger partial charge in [0.15, 0.2) is 0 Å². The Bertz CT molecular complexity index is 675. The minimum Gasteiger partial charge on any atom is -0.339 e. The van der Waals surface area contributed by atoms with Gasteiger partial charge in [0.1, 0.15) is 0 Å². The first-order valence-corrected chi connectivity index (χ1v) is 10.0. The summed E-state index contributed by atoms with van der Waals surface area (Å²) in [7, 11) is 1.80. The summed E-state index contributed by atoms with van der Waals surface area (Å²) in [6.45, 7) is 6.32. The van der Waals surface area contributed by atoms with Crippen molar-refractivity contribution in [3.8, 4) is 0 Å². The molecule has 5 nitrogen and oxygen atoms in total. The molecule has 0 radical (unpaired) electrons. The second-order valence-corrected chi connectivity index (χ2v) is 7.88. The van der Waals surface area contributed by atoms with Crippen LogP contribution in [-0.4, -0.2) is 79.2 Å². The molecule has 4 rings (SSSR count). The third-order valence-corrected chi connectivity index (χ3v) is 6.22. The van der Waals surface area contributed by atoms with Crippen LogP contribution in [0.25, 0.3) is 0 Å². The Morgan fingerprint density at radius 1 is 1.15 bits per heavy atom. The first-order chi connectivity index (χ1) is 12.7. The fourth-order valence-corrected chi connectivity index (χ4v) is 4.38. The minimum absolute atomic E-state index is 0.302. The van der Waals surface area contributed by atoms with E-state index in [9.17, 15) is 4.79 Å². The zero-order valence-electron chi connectivity index (χ0n) is 15.9. The van der Waals surface area contributed by atoms with Crippen LogP contribution in [0.2, 0.25) is 0 Å². The molecule has 2 heterocycles. The standard InChI is InChI=1S/C21H30N4O/c1-22-14-17-5-6-19-15-23(8-7-18(19)13-17)16-21(26)25-11-9-24(10-12-25)20-3-2-4-20/h5-6,13-14,20H,2-4,7-12,15-16H2,1H3. The van der Waals surface area contributed by atoms with Crippen molar-refractivity contribution < 1.29 is 4.79 Å². The average Bonchev–Trinajstić information content (AvgIpc) is 2.61. The Morgan fingerprint density at radius 2 is 1.96 bits per heavy atom. The van der Waals surface area contributed by atoms with Gasteiger partial charge in [-0.25, -0.2) is 0 Å². The van der Waals surface area contributed by atoms with E-state index in [1.165, 1.54) is 36.0 Å². The topological polar surface area (TPSA) is 39.2 Å². The molecule has 0 unspecified atom stereocenters. The molecular formula is C21H30N4O. The Kier molecular flexibility index (Phi) is 5.36. The molecule has 1 aromatic carbocycles. The maximum absolute atomic E-state index is 12.7. The van der Waals surface area contributed by atoms with E-state index in [0.717, 1.165) is 51.7 Å². The van der Waals surface area contributed by atoms with Crippen LogP contribution in [0.5, 0.6) is 0 Å². The molecule has 1 saturated heterocycles. The molecule has 3 aliphatic rings. The van der Waals surface area contributed by atoms with E-state index in [1.54, 1.807) is 7.05 Å². The number of carbonyl (C=O) groups excluding carboxylic acids is 1. The lowest BCUT2D eigenvalue weighted by atomic mass is 9.91. The minimum atomic E-state index is 0.302. The number of fused-ring (bicyclic) bond motifs is 1. The number of aliphatic imine (C=N–C) groups is 1. The second kappa shape index (κ2) is 7.89. The Hall–Kier alpha value is -1.72. The zero-order chi connectivity index (χ0) is 17.9. The number of piperazine rings is 1. The average molecular weight is 354 g/mol. The largest absolute Gasteiger partial charge is 0.339 e. The number of amides is 1. The maximum Gasteiger partial charge on any atom is 0.236 e. The zero-order valence-corrected chi connectivity index (χ0v) is 15.9. The molecule has 5 heteroatoms. The molecule has 1 saturated carbocycles. The molecular weight excluding hydrogens is 324 g/mol. The third-order valence-electron chi connectivity index (χ3n) is 6.22. The van der Waals surface area contributed by atoms with Crippen LogP contribution < -0.4 is 0 Å². The van der Waals surface area contributed by atoms with Crippen molar-refractivity contribution in [1.82, 2.24) is 14.7 Å². The van der Waals surface area contributed by atoms with Crippen LogP contribution in [0.1, 0.15) is 36.0 Å². The molecule has 26 heavy (non-hydrogen) atoms. The summed E-state index contributed by atoms with van der Waals surface area (Å²) in [5.41, 5.74) is 3.92. The fourth-order valence-electron chi connectivity index (χ4n) is 4.38. The van der Waals surface area contributed by atoms with E-state index in [-0.39, 0.29) is 0 Å². The van der Waals surface area contributed by atoms with Crippen molar-refractivity contribution in [3.63, 3.8) is 0 Å². The van der Waals surface area contributed by atoms with Gasteiger partial charge in [-0.2, -0.15) is 0 Å². The SMILES string of the molecule is CN=Cc1ccc2c(c1)CCN(CC(=O)N1CCN(C3CCC3)CC1)C2. The first kappa shape index (κ1) is 17.7. The molecule has 140 valence electrons. The number of benzene rings is 1. The van der Waals surface area contributed by atoms with Crippen molar-refractivity contribution in [2.75, 3.05) is 46.3 Å². The van der Waals surface area contributed by atoms with Gasteiger partial charge < -0.3 is 4.90 Å². The Labute approximate surface area is 156 Å². The van der Waals surface area contributed by atoms with E-state index in [0.29, 0.717) is 12.5 Å². The Morgan fingerprint density at radius 3 is 2.65 bits per heavy atom. The van der Waals surface area contributed by atoms with Gasteiger partial charge in [0.25, 0.3) is 0 Å². The van der Waals surface area contributed by atoms with Crippen molar-refractivity contribution in [3.05, 3.63) is 34.9 Å². The highest BCUT2D eigenvalue weighted by Crippen LogP contribution is 2.25. The van der Waals surface area contributed by atoms with E-state index in [4.69, 9.17) is 0 Å². The monoisotopic (exact) mass is 354 g/mol. The molecule has 0 spiro atoms. The number of hydrogen-bond donors (Lipinski definition) is 0. The van der Waals surface area contributed by atoms with Crippen molar-refractivity contribution in [1.29, 1.82) is 0 Å². The number of rotatable bonds is 4. The summed E-state index contributed by atoms with van der Waals surface area (Å²) in [5.74, 6) is 0.302. The van der Waals surface area contributed by atoms with Crippen LogP contribution in [-0.2, 0) is 17.8 Å². The van der Waals surface area contributed by atoms with Gasteiger partial charge in [0, 0.05) is 58.6 Å². The molecule has 2 fully saturated rings. The maximum atomic E-state index is 12.7. The second-order valence-electron chi connectivity index (χ2n) is 7.88. The van der Waals surface area contributed by atoms with Gasteiger partial charge in [-0.3, -0.25) is 19.6 Å². The lowest BCUT2D eigenvalue weighted by Crippen LogP contribution is -2.55. The predicted octanol–water partition coefficient (Wildman–Crippen LogP) is 1.79. The highest BCUT2D eigenvalue weighted by atomic mass is 16.2. The normalized spacial score (nSPS) is 22.4. The molecule has 1 amide bonds. The Balaban J connectivity index is 1.29. The predicted molar refractivity (Wildman–Crippen MR) is 105 cm³/mol. The van der Waals surface area contributed by atoms with Gasteiger partial charge in [-0.05, 0) is 42.0 Å². The summed E-state index contributed by atoms with van der Waals surface area (Å²) >= 11 is 0. The summed E-state index contributed by atoms with van der Waals surface area (Å²) in [5, 5.41) is 0. The fraction of sp³-hybridized carbons (Fsp3) is 0.619. The summed E-state index contributed by atoms with van der Waals surface area (Å²) in [6, 6.07) is 7.35. The lowest BCUT2D eigenvalue weighted by molar-refractivity contribution is -0.135. The number of hydrogen-bond acceptors (Lipinski definition) is 4. The molecule has 2 aliphatic heterocycles. The molecule has 0 aromatic heterocycles. The van der Waals surface area contributed by atoms with Crippen LogP contribution in [0.4, 0.5) is 0 Å². The van der Waals surface area contributed by atoms with Crippen molar-refractivity contribution in [2.45, 2.75) is 38.3 Å². The van der Waals surface area contributed by atoms with Crippen LogP contribution in [0.15, 0.2) is 23.2 Å². The van der Waals surface area contributed by atoms with Gasteiger partial charge in [0.2, 0.25) is 5.91 Å². The van der Waals surface area contributed by atoms with Crippen LogP contribution in [0, 0.1) is 0 Å². The van der Waals surface area contributed by atoms with Crippen molar-refractivity contribution in [2.24, 2.45) is 4.99 Å². The third kappa shape index (κ3) is 3.84. The van der Waals surface area contributed by atoms with Crippen LogP contribution >= 0.6 is 0 Å². The molecule has 1 aromatic rings. The van der Waals surface area contributed by atoms with Crippen molar-refractivity contribution >= 4 is 12.1 Å². The van der Waals surface area contributed by atoms with Gasteiger partial charge in [0.05, 0.1) is 6.54 Å². The molecule has 0 atom stereocenters. The van der Waals surface area contributed by atoms with E-state index >= 15 is 0 Å². The van der Waals surface area contributed by atoms with E-state index in [1.807, 2.05) is 6.21 Å². The summed E-state index contributed by atoms with van der Waals surface area (Å²) < 4.78 is 0. The van der Waals surface area contributed by atoms with Gasteiger partial charge >= 0.3 is 0 Å². The lowest BCUT2D eigenvalue weighted by Gasteiger charge is -2.43. The summed E-state index contributed by atoms with van der Waals surface area (Å²) in [4.78, 5) is 23.8. The smallest absolute Gasteiger partial charge is 0.236 e. The highest BCUT2D eigenvalue weighted by molar-refractivity contribution is 5.80. The number of nitrogens with zero attached hydrogens (tertiary/aromatic N) is 4. The molecule has 0 bridgehead atoms. The number of carbonyl (C=O) groups is 1. The first-order valence-electron chi connectivity index (χ1n) is 10.0. The van der Waals surface area contributed by atoms with Gasteiger partial charge in [-0.1, -0.05) is 18.6 Å². The van der Waals surface area contributed by atoms with Gasteiger partial charge in [-0.15, -0.1) is 0 Å². The summed E-state index contributed by atoms with van der Waals surface area (Å²) in [6.07, 6.45) is 7.01. The quantitative estimate of drug-likeness (QED) is 0.774. The molecule has 0 N–H and O–H groups in total.